The molecule has 6 rings (SSSR count). The third kappa shape index (κ3) is 3.70. The summed E-state index contributed by atoms with van der Waals surface area (Å²) in [6.07, 6.45) is 0. The summed E-state index contributed by atoms with van der Waals surface area (Å²) in [5, 5.41) is 0. The molecule has 0 saturated carbocycles. The number of fused-ring (bicyclic) bond motifs is 1. The monoisotopic (exact) mass is 526 g/mol. The van der Waals surface area contributed by atoms with Crippen LogP contribution in [0.15, 0.2) is 133 Å². The predicted octanol–water partition coefficient (Wildman–Crippen LogP) is 6.24. The standard InChI is InChI=1S/C35H30N2O3/c1-39-29-20-18-25(19-21-29)34(36)31-24-30(40-2)22-23-32(31)37(33(34)38)35(26-12-6-3-7-13-26,27-14-8-4-9-15-27)28-16-10-5-11-17-28/h3-24H,36H2,1-2H3/t34-/m1/s1. The third-order valence-corrected chi connectivity index (χ3v) is 7.87. The molecule has 40 heavy (non-hydrogen) atoms. The Hall–Kier alpha value is -4.87. The summed E-state index contributed by atoms with van der Waals surface area (Å²) in [4.78, 5) is 17.0. The summed E-state index contributed by atoms with van der Waals surface area (Å²) in [7, 11) is 3.23. The second-order valence-corrected chi connectivity index (χ2v) is 9.87. The maximum Gasteiger partial charge on any atom is 0.257 e. The molecule has 5 aromatic rings. The molecular formula is C35H30N2O3. The van der Waals surface area contributed by atoms with E-state index < -0.39 is 11.1 Å². The largest absolute Gasteiger partial charge is 0.497 e. The summed E-state index contributed by atoms with van der Waals surface area (Å²) >= 11 is 0. The van der Waals surface area contributed by atoms with Gasteiger partial charge in [-0.25, -0.2) is 0 Å². The lowest BCUT2D eigenvalue weighted by Gasteiger charge is -2.44. The summed E-state index contributed by atoms with van der Waals surface area (Å²) in [5.74, 6) is 1.08. The maximum atomic E-state index is 15.1. The molecule has 0 fully saturated rings. The quantitative estimate of drug-likeness (QED) is 0.255. The fourth-order valence-corrected chi connectivity index (χ4v) is 5.95. The van der Waals surface area contributed by atoms with E-state index in [1.807, 2.05) is 102 Å². The van der Waals surface area contributed by atoms with Gasteiger partial charge in [0, 0.05) is 5.56 Å². The maximum absolute atomic E-state index is 15.1. The van der Waals surface area contributed by atoms with Crippen molar-refractivity contribution in [3.05, 3.63) is 161 Å². The van der Waals surface area contributed by atoms with Crippen molar-refractivity contribution in [2.75, 3.05) is 19.1 Å². The number of anilines is 1. The lowest BCUT2D eigenvalue weighted by molar-refractivity contribution is -0.122. The minimum absolute atomic E-state index is 0.238. The molecule has 0 bridgehead atoms. The van der Waals surface area contributed by atoms with Gasteiger partial charge in [0.1, 0.15) is 22.6 Å². The number of benzene rings is 5. The van der Waals surface area contributed by atoms with Gasteiger partial charge in [0.25, 0.3) is 5.91 Å². The molecule has 5 heteroatoms. The molecule has 198 valence electrons. The highest BCUT2D eigenvalue weighted by Crippen LogP contribution is 2.53. The van der Waals surface area contributed by atoms with Gasteiger partial charge in [0.15, 0.2) is 0 Å². The highest BCUT2D eigenvalue weighted by molar-refractivity contribution is 6.12. The lowest BCUT2D eigenvalue weighted by Crippen LogP contribution is -2.56. The summed E-state index contributed by atoms with van der Waals surface area (Å²) in [6, 6.07) is 43.5. The van der Waals surface area contributed by atoms with Gasteiger partial charge in [-0.1, -0.05) is 103 Å². The highest BCUT2D eigenvalue weighted by Gasteiger charge is 2.57. The third-order valence-electron chi connectivity index (χ3n) is 7.87. The van der Waals surface area contributed by atoms with E-state index in [1.54, 1.807) is 14.2 Å². The first-order valence-corrected chi connectivity index (χ1v) is 13.2. The Morgan fingerprint density at radius 1 is 0.625 bits per heavy atom. The lowest BCUT2D eigenvalue weighted by atomic mass is 9.75. The number of hydrogen-bond acceptors (Lipinski definition) is 4. The van der Waals surface area contributed by atoms with Gasteiger partial charge in [0.05, 0.1) is 19.9 Å². The van der Waals surface area contributed by atoms with E-state index in [0.29, 0.717) is 22.6 Å². The molecule has 0 unspecified atom stereocenters. The summed E-state index contributed by atoms with van der Waals surface area (Å²) < 4.78 is 11.0. The van der Waals surface area contributed by atoms with Gasteiger partial charge in [-0.05, 0) is 52.6 Å². The first kappa shape index (κ1) is 25.4. The van der Waals surface area contributed by atoms with Gasteiger partial charge < -0.3 is 15.2 Å². The van der Waals surface area contributed by atoms with E-state index in [9.17, 15) is 0 Å². The molecule has 1 atom stereocenters. The van der Waals surface area contributed by atoms with E-state index in [2.05, 4.69) is 36.4 Å². The fourth-order valence-electron chi connectivity index (χ4n) is 5.95. The van der Waals surface area contributed by atoms with Crippen LogP contribution in [0.1, 0.15) is 27.8 Å². The fraction of sp³-hybridized carbons (Fsp3) is 0.114. The SMILES string of the molecule is COc1ccc([C@]2(N)C(=O)N(C(c3ccccc3)(c3ccccc3)c3ccccc3)c3ccc(OC)cc32)cc1. The minimum atomic E-state index is -1.47. The second-order valence-electron chi connectivity index (χ2n) is 9.87. The Morgan fingerprint density at radius 3 is 1.52 bits per heavy atom. The van der Waals surface area contributed by atoms with Crippen molar-refractivity contribution in [3.8, 4) is 11.5 Å². The van der Waals surface area contributed by atoms with Crippen molar-refractivity contribution >= 4 is 11.6 Å². The Labute approximate surface area is 234 Å². The van der Waals surface area contributed by atoms with Crippen molar-refractivity contribution in [2.45, 2.75) is 11.1 Å². The first-order chi connectivity index (χ1) is 19.5. The van der Waals surface area contributed by atoms with Crippen LogP contribution in [-0.2, 0) is 15.9 Å². The Balaban J connectivity index is 1.72. The van der Waals surface area contributed by atoms with E-state index >= 15 is 4.79 Å². The second kappa shape index (κ2) is 10.0. The number of nitrogens with zero attached hydrogens (tertiary/aromatic N) is 1. The number of amides is 1. The Kier molecular flexibility index (Phi) is 6.37. The van der Waals surface area contributed by atoms with Crippen LogP contribution in [0.25, 0.3) is 0 Å². The molecule has 5 aromatic carbocycles. The average Bonchev–Trinajstić information content (AvgIpc) is 3.26. The number of rotatable bonds is 7. The average molecular weight is 527 g/mol. The van der Waals surface area contributed by atoms with Crippen molar-refractivity contribution in [1.29, 1.82) is 0 Å². The normalized spacial score (nSPS) is 16.5. The number of carbonyl (C=O) groups excluding carboxylic acids is 1. The molecular weight excluding hydrogens is 496 g/mol. The van der Waals surface area contributed by atoms with Gasteiger partial charge in [0.2, 0.25) is 0 Å². The molecule has 2 N–H and O–H groups in total. The molecule has 5 nitrogen and oxygen atoms in total. The zero-order chi connectivity index (χ0) is 27.7. The molecule has 1 amide bonds. The Morgan fingerprint density at radius 2 is 1.07 bits per heavy atom. The number of carbonyl (C=O) groups is 1. The van der Waals surface area contributed by atoms with Crippen LogP contribution in [0.5, 0.6) is 11.5 Å². The number of hydrogen-bond donors (Lipinski definition) is 1. The zero-order valence-corrected chi connectivity index (χ0v) is 22.5. The molecule has 1 heterocycles. The van der Waals surface area contributed by atoms with Crippen molar-refractivity contribution in [1.82, 2.24) is 0 Å². The molecule has 0 aromatic heterocycles. The number of ether oxygens (including phenoxy) is 2. The van der Waals surface area contributed by atoms with Crippen LogP contribution < -0.4 is 20.1 Å². The van der Waals surface area contributed by atoms with Gasteiger partial charge in [-0.15, -0.1) is 0 Å². The molecule has 0 saturated heterocycles. The first-order valence-electron chi connectivity index (χ1n) is 13.2. The molecule has 0 radical (unpaired) electrons. The Bertz CT molecular complexity index is 1540. The van der Waals surface area contributed by atoms with Gasteiger partial charge >= 0.3 is 0 Å². The molecule has 1 aliphatic rings. The predicted molar refractivity (Wildman–Crippen MR) is 158 cm³/mol. The van der Waals surface area contributed by atoms with Crippen molar-refractivity contribution < 1.29 is 14.3 Å². The topological polar surface area (TPSA) is 64.8 Å². The highest BCUT2D eigenvalue weighted by atomic mass is 16.5. The zero-order valence-electron chi connectivity index (χ0n) is 22.5. The molecule has 0 spiro atoms. The minimum Gasteiger partial charge on any atom is -0.497 e. The van der Waals surface area contributed by atoms with E-state index in [0.717, 1.165) is 22.4 Å². The van der Waals surface area contributed by atoms with Gasteiger partial charge in [-0.3, -0.25) is 9.69 Å². The molecule has 1 aliphatic heterocycles. The number of nitrogens with two attached hydrogens (primary N) is 1. The van der Waals surface area contributed by atoms with Crippen LogP contribution in [0.3, 0.4) is 0 Å². The van der Waals surface area contributed by atoms with Crippen LogP contribution >= 0.6 is 0 Å². The van der Waals surface area contributed by atoms with Crippen LogP contribution in [0.2, 0.25) is 0 Å². The smallest absolute Gasteiger partial charge is 0.257 e. The van der Waals surface area contributed by atoms with Crippen molar-refractivity contribution in [2.24, 2.45) is 5.73 Å². The van der Waals surface area contributed by atoms with E-state index in [4.69, 9.17) is 15.2 Å². The number of methoxy groups -OCH3 is 2. The van der Waals surface area contributed by atoms with Crippen LogP contribution in [0, 0.1) is 0 Å². The van der Waals surface area contributed by atoms with Gasteiger partial charge in [-0.2, -0.15) is 0 Å². The summed E-state index contributed by atoms with van der Waals surface area (Å²) in [5.41, 5.74) is 9.70. The summed E-state index contributed by atoms with van der Waals surface area (Å²) in [6.45, 7) is 0. The van der Waals surface area contributed by atoms with Crippen molar-refractivity contribution in [3.63, 3.8) is 0 Å². The van der Waals surface area contributed by atoms with E-state index in [-0.39, 0.29) is 5.91 Å². The van der Waals surface area contributed by atoms with E-state index in [1.165, 1.54) is 0 Å². The molecule has 0 aliphatic carbocycles. The van der Waals surface area contributed by atoms with Crippen LogP contribution in [0.4, 0.5) is 5.69 Å². The van der Waals surface area contributed by atoms with Crippen LogP contribution in [-0.4, -0.2) is 20.1 Å².